The highest BCUT2D eigenvalue weighted by molar-refractivity contribution is 5.31. The Bertz CT molecular complexity index is 411. The molecule has 1 aromatic heterocycles. The number of hydrogen-bond donors (Lipinski definition) is 0. The largest absolute Gasteiger partial charge is 0.207 e. The summed E-state index contributed by atoms with van der Waals surface area (Å²) in [5.41, 5.74) is 0.131. The van der Waals surface area contributed by atoms with Crippen molar-refractivity contribution in [3.8, 4) is 5.69 Å². The Morgan fingerprint density at radius 3 is 2.38 bits per heavy atom. The standard InChI is InChI=1S/C8H5F2N3/c9-6-1-2-8(7(10)5-6)13-11-3-4-12-13/h1-5H. The van der Waals surface area contributed by atoms with Crippen LogP contribution in [0.3, 0.4) is 0 Å². The molecule has 0 radical (unpaired) electrons. The maximum Gasteiger partial charge on any atom is 0.153 e. The molecule has 0 saturated heterocycles. The zero-order valence-corrected chi connectivity index (χ0v) is 6.48. The summed E-state index contributed by atoms with van der Waals surface area (Å²) in [6.45, 7) is 0. The van der Waals surface area contributed by atoms with Crippen molar-refractivity contribution in [3.05, 3.63) is 42.2 Å². The van der Waals surface area contributed by atoms with Crippen LogP contribution in [-0.2, 0) is 0 Å². The second kappa shape index (κ2) is 2.93. The highest BCUT2D eigenvalue weighted by Gasteiger charge is 2.05. The average molecular weight is 181 g/mol. The number of rotatable bonds is 1. The molecule has 1 heterocycles. The molecule has 2 rings (SSSR count). The third-order valence-electron chi connectivity index (χ3n) is 1.54. The number of hydrogen-bond acceptors (Lipinski definition) is 2. The molecule has 2 aromatic rings. The third-order valence-corrected chi connectivity index (χ3v) is 1.54. The normalized spacial score (nSPS) is 10.3. The molecule has 0 atom stereocenters. The van der Waals surface area contributed by atoms with Crippen LogP contribution < -0.4 is 0 Å². The van der Waals surface area contributed by atoms with Gasteiger partial charge in [0.15, 0.2) is 5.82 Å². The summed E-state index contributed by atoms with van der Waals surface area (Å²) in [4.78, 5) is 1.09. The third kappa shape index (κ3) is 1.40. The van der Waals surface area contributed by atoms with Crippen LogP contribution in [0.2, 0.25) is 0 Å². The van der Waals surface area contributed by atoms with E-state index in [4.69, 9.17) is 0 Å². The zero-order chi connectivity index (χ0) is 9.26. The smallest absolute Gasteiger partial charge is 0.153 e. The van der Waals surface area contributed by atoms with E-state index in [9.17, 15) is 8.78 Å². The van der Waals surface area contributed by atoms with Crippen molar-refractivity contribution in [3.63, 3.8) is 0 Å². The fourth-order valence-electron chi connectivity index (χ4n) is 0.984. The minimum Gasteiger partial charge on any atom is -0.207 e. The lowest BCUT2D eigenvalue weighted by Gasteiger charge is -2.00. The first-order chi connectivity index (χ1) is 6.27. The molecular weight excluding hydrogens is 176 g/mol. The van der Waals surface area contributed by atoms with E-state index >= 15 is 0 Å². The number of benzene rings is 1. The van der Waals surface area contributed by atoms with Crippen LogP contribution in [0, 0.1) is 11.6 Å². The molecule has 13 heavy (non-hydrogen) atoms. The maximum atomic E-state index is 13.1. The van der Waals surface area contributed by atoms with Crippen LogP contribution in [0.25, 0.3) is 5.69 Å². The molecule has 0 fully saturated rings. The minimum atomic E-state index is -0.684. The van der Waals surface area contributed by atoms with Gasteiger partial charge in [-0.05, 0) is 12.1 Å². The molecule has 0 N–H and O–H groups in total. The van der Waals surface area contributed by atoms with Gasteiger partial charge in [-0.1, -0.05) is 0 Å². The molecule has 0 aliphatic carbocycles. The molecule has 0 saturated carbocycles. The summed E-state index contributed by atoms with van der Waals surface area (Å²) in [5.74, 6) is -1.30. The van der Waals surface area contributed by atoms with Crippen molar-refractivity contribution in [1.29, 1.82) is 0 Å². The lowest BCUT2D eigenvalue weighted by atomic mass is 10.3. The Labute approximate surface area is 72.6 Å². The van der Waals surface area contributed by atoms with E-state index in [1.807, 2.05) is 0 Å². The van der Waals surface area contributed by atoms with Crippen molar-refractivity contribution in [2.45, 2.75) is 0 Å². The van der Waals surface area contributed by atoms with Gasteiger partial charge in [-0.25, -0.2) is 8.78 Å². The average Bonchev–Trinajstić information content (AvgIpc) is 2.56. The highest BCUT2D eigenvalue weighted by Crippen LogP contribution is 2.11. The van der Waals surface area contributed by atoms with Crippen LogP contribution in [0.15, 0.2) is 30.6 Å². The van der Waals surface area contributed by atoms with Crippen molar-refractivity contribution in [2.24, 2.45) is 0 Å². The van der Waals surface area contributed by atoms with E-state index in [-0.39, 0.29) is 5.69 Å². The van der Waals surface area contributed by atoms with Crippen molar-refractivity contribution in [1.82, 2.24) is 15.0 Å². The molecule has 5 heteroatoms. The molecular formula is C8H5F2N3. The lowest BCUT2D eigenvalue weighted by Crippen LogP contribution is -2.01. The predicted molar refractivity (Wildman–Crippen MR) is 41.3 cm³/mol. The number of nitrogens with zero attached hydrogens (tertiary/aromatic N) is 3. The van der Waals surface area contributed by atoms with Crippen molar-refractivity contribution in [2.75, 3.05) is 0 Å². The van der Waals surface area contributed by atoms with E-state index in [0.29, 0.717) is 0 Å². The van der Waals surface area contributed by atoms with Crippen molar-refractivity contribution >= 4 is 0 Å². The van der Waals surface area contributed by atoms with Gasteiger partial charge in [-0.15, -0.1) is 4.80 Å². The summed E-state index contributed by atoms with van der Waals surface area (Å²) in [7, 11) is 0. The minimum absolute atomic E-state index is 0.131. The Balaban J connectivity index is 2.53. The van der Waals surface area contributed by atoms with Gasteiger partial charge in [0.05, 0.1) is 12.4 Å². The number of aromatic nitrogens is 3. The molecule has 0 amide bonds. The molecule has 0 aliphatic rings. The van der Waals surface area contributed by atoms with E-state index in [1.165, 1.54) is 18.5 Å². The summed E-state index contributed by atoms with van der Waals surface area (Å²) in [5, 5.41) is 7.44. The summed E-state index contributed by atoms with van der Waals surface area (Å²) in [6.07, 6.45) is 2.84. The van der Waals surface area contributed by atoms with E-state index in [1.54, 1.807) is 0 Å². The second-order valence-electron chi connectivity index (χ2n) is 2.41. The zero-order valence-electron chi connectivity index (χ0n) is 6.48. The fraction of sp³-hybridized carbons (Fsp3) is 0. The summed E-state index contributed by atoms with van der Waals surface area (Å²) >= 11 is 0. The topological polar surface area (TPSA) is 30.7 Å². The second-order valence-corrected chi connectivity index (χ2v) is 2.41. The lowest BCUT2D eigenvalue weighted by molar-refractivity contribution is 0.565. The van der Waals surface area contributed by atoms with E-state index in [2.05, 4.69) is 10.2 Å². The van der Waals surface area contributed by atoms with Crippen LogP contribution in [-0.4, -0.2) is 15.0 Å². The van der Waals surface area contributed by atoms with Gasteiger partial charge >= 0.3 is 0 Å². The molecule has 0 unspecified atom stereocenters. The Morgan fingerprint density at radius 1 is 1.08 bits per heavy atom. The molecule has 0 bridgehead atoms. The summed E-state index contributed by atoms with van der Waals surface area (Å²) in [6, 6.07) is 3.23. The van der Waals surface area contributed by atoms with Gasteiger partial charge in [-0.2, -0.15) is 10.2 Å². The van der Waals surface area contributed by atoms with Gasteiger partial charge in [-0.3, -0.25) is 0 Å². The first-order valence-electron chi connectivity index (χ1n) is 3.59. The maximum absolute atomic E-state index is 13.1. The fourth-order valence-corrected chi connectivity index (χ4v) is 0.984. The summed E-state index contributed by atoms with van der Waals surface area (Å²) < 4.78 is 25.6. The molecule has 3 nitrogen and oxygen atoms in total. The Morgan fingerprint density at radius 2 is 1.77 bits per heavy atom. The quantitative estimate of drug-likeness (QED) is 0.668. The molecule has 66 valence electrons. The van der Waals surface area contributed by atoms with Gasteiger partial charge in [0.2, 0.25) is 0 Å². The van der Waals surface area contributed by atoms with Crippen LogP contribution in [0.1, 0.15) is 0 Å². The SMILES string of the molecule is Fc1ccc(-n2nccn2)c(F)c1. The van der Waals surface area contributed by atoms with Crippen LogP contribution >= 0.6 is 0 Å². The Kier molecular flexibility index (Phi) is 1.77. The molecule has 0 aliphatic heterocycles. The first kappa shape index (κ1) is 7.85. The van der Waals surface area contributed by atoms with Gasteiger partial charge < -0.3 is 0 Å². The Hall–Kier alpha value is -1.78. The first-order valence-corrected chi connectivity index (χ1v) is 3.59. The molecule has 1 aromatic carbocycles. The van der Waals surface area contributed by atoms with E-state index < -0.39 is 11.6 Å². The van der Waals surface area contributed by atoms with Crippen molar-refractivity contribution < 1.29 is 8.78 Å². The van der Waals surface area contributed by atoms with E-state index in [0.717, 1.165) is 16.9 Å². The van der Waals surface area contributed by atoms with Gasteiger partial charge in [0, 0.05) is 6.07 Å². The van der Waals surface area contributed by atoms with Crippen LogP contribution in [0.5, 0.6) is 0 Å². The monoisotopic (exact) mass is 181 g/mol. The van der Waals surface area contributed by atoms with Gasteiger partial charge in [0.1, 0.15) is 11.5 Å². The predicted octanol–water partition coefficient (Wildman–Crippen LogP) is 1.55. The van der Waals surface area contributed by atoms with Crippen LogP contribution in [0.4, 0.5) is 8.78 Å². The van der Waals surface area contributed by atoms with Gasteiger partial charge in [0.25, 0.3) is 0 Å². The number of halogens is 2. The molecule has 0 spiro atoms. The highest BCUT2D eigenvalue weighted by atomic mass is 19.1.